The van der Waals surface area contributed by atoms with Crippen molar-refractivity contribution in [1.29, 1.82) is 0 Å². The van der Waals surface area contributed by atoms with Crippen LogP contribution in [-0.4, -0.2) is 18.3 Å². The number of fused-ring (bicyclic) bond motifs is 3. The molecule has 0 amide bonds. The lowest BCUT2D eigenvalue weighted by Gasteiger charge is -2.32. The fourth-order valence-corrected chi connectivity index (χ4v) is 5.86. The van der Waals surface area contributed by atoms with E-state index in [-0.39, 0.29) is 18.3 Å². The predicted molar refractivity (Wildman–Crippen MR) is 146 cm³/mol. The van der Waals surface area contributed by atoms with Crippen LogP contribution in [0.4, 0.5) is 0 Å². The standard InChI is InChI=1S/C30H27BO2S/c1-29(2)30(3,4)33-31(32-29)25-11-8-12-26-28(25)24-18-17-23(19-27(24)34-26)22-15-13-21(14-16-22)20-9-6-5-7-10-20/h5-19H,1-4H3. The molecule has 5 aromatic rings. The molecule has 0 spiro atoms. The molecule has 2 heterocycles. The zero-order valence-corrected chi connectivity index (χ0v) is 20.8. The van der Waals surface area contributed by atoms with Gasteiger partial charge in [-0.3, -0.25) is 0 Å². The lowest BCUT2D eigenvalue weighted by molar-refractivity contribution is 0.00578. The Bertz CT molecular complexity index is 1480. The maximum Gasteiger partial charge on any atom is 0.495 e. The first-order valence-electron chi connectivity index (χ1n) is 11.8. The first-order chi connectivity index (χ1) is 16.3. The van der Waals surface area contributed by atoms with Gasteiger partial charge < -0.3 is 9.31 Å². The van der Waals surface area contributed by atoms with Gasteiger partial charge in [0.1, 0.15) is 0 Å². The van der Waals surface area contributed by atoms with Crippen LogP contribution in [0, 0.1) is 0 Å². The Morgan fingerprint density at radius 1 is 0.588 bits per heavy atom. The Kier molecular flexibility index (Phi) is 4.96. The minimum atomic E-state index is -0.364. The van der Waals surface area contributed by atoms with Gasteiger partial charge in [-0.05, 0) is 67.5 Å². The summed E-state index contributed by atoms with van der Waals surface area (Å²) in [5, 5.41) is 2.50. The Balaban J connectivity index is 1.39. The molecule has 0 N–H and O–H groups in total. The van der Waals surface area contributed by atoms with E-state index in [2.05, 4.69) is 119 Å². The van der Waals surface area contributed by atoms with Crippen LogP contribution in [0.15, 0.2) is 91.0 Å². The van der Waals surface area contributed by atoms with Gasteiger partial charge in [-0.15, -0.1) is 11.3 Å². The summed E-state index contributed by atoms with van der Waals surface area (Å²) in [6, 6.07) is 32.6. The van der Waals surface area contributed by atoms with E-state index in [1.807, 2.05) is 11.3 Å². The SMILES string of the molecule is CC1(C)OB(c2cccc3sc4cc(-c5ccc(-c6ccccc6)cc5)ccc4c23)OC1(C)C. The fourth-order valence-electron chi connectivity index (χ4n) is 4.68. The van der Waals surface area contributed by atoms with Gasteiger partial charge >= 0.3 is 7.12 Å². The smallest absolute Gasteiger partial charge is 0.399 e. The maximum atomic E-state index is 6.40. The van der Waals surface area contributed by atoms with Crippen molar-refractivity contribution in [3.05, 3.63) is 91.0 Å². The Morgan fingerprint density at radius 2 is 1.18 bits per heavy atom. The monoisotopic (exact) mass is 462 g/mol. The largest absolute Gasteiger partial charge is 0.495 e. The highest BCUT2D eigenvalue weighted by Crippen LogP contribution is 2.40. The van der Waals surface area contributed by atoms with Gasteiger partial charge in [-0.25, -0.2) is 0 Å². The van der Waals surface area contributed by atoms with Gasteiger partial charge in [0.15, 0.2) is 0 Å². The Morgan fingerprint density at radius 3 is 1.85 bits per heavy atom. The lowest BCUT2D eigenvalue weighted by Crippen LogP contribution is -2.41. The molecule has 1 aromatic heterocycles. The first kappa shape index (κ1) is 21.6. The second-order valence-corrected chi connectivity index (χ2v) is 11.1. The van der Waals surface area contributed by atoms with Gasteiger partial charge in [-0.1, -0.05) is 78.9 Å². The zero-order valence-electron chi connectivity index (χ0n) is 20.0. The molecule has 4 heteroatoms. The highest BCUT2D eigenvalue weighted by Gasteiger charge is 2.52. The van der Waals surface area contributed by atoms with E-state index in [9.17, 15) is 0 Å². The van der Waals surface area contributed by atoms with Crippen LogP contribution in [0.25, 0.3) is 42.4 Å². The number of benzene rings is 4. The predicted octanol–water partition coefficient (Wildman–Crippen LogP) is 7.69. The third kappa shape index (κ3) is 3.49. The molecule has 0 unspecified atom stereocenters. The first-order valence-corrected chi connectivity index (χ1v) is 12.6. The van der Waals surface area contributed by atoms with E-state index < -0.39 is 0 Å². The average molecular weight is 462 g/mol. The quantitative estimate of drug-likeness (QED) is 0.256. The average Bonchev–Trinajstić information content (AvgIpc) is 3.32. The molecule has 34 heavy (non-hydrogen) atoms. The highest BCUT2D eigenvalue weighted by atomic mass is 32.1. The summed E-state index contributed by atoms with van der Waals surface area (Å²) in [5.41, 5.74) is 5.34. The number of hydrogen-bond acceptors (Lipinski definition) is 3. The third-order valence-electron chi connectivity index (χ3n) is 7.36. The molecular weight excluding hydrogens is 435 g/mol. The van der Waals surface area contributed by atoms with Crippen molar-refractivity contribution < 1.29 is 9.31 Å². The van der Waals surface area contributed by atoms with Crippen molar-refractivity contribution in [1.82, 2.24) is 0 Å². The fraction of sp³-hybridized carbons (Fsp3) is 0.200. The molecule has 0 saturated carbocycles. The van der Waals surface area contributed by atoms with Crippen LogP contribution in [0.2, 0.25) is 0 Å². The zero-order chi connectivity index (χ0) is 23.5. The van der Waals surface area contributed by atoms with Crippen molar-refractivity contribution in [3.63, 3.8) is 0 Å². The molecule has 6 rings (SSSR count). The Hall–Kier alpha value is -2.92. The van der Waals surface area contributed by atoms with Crippen molar-refractivity contribution in [2.45, 2.75) is 38.9 Å². The summed E-state index contributed by atoms with van der Waals surface area (Å²) < 4.78 is 15.3. The summed E-state index contributed by atoms with van der Waals surface area (Å²) in [6.07, 6.45) is 0. The van der Waals surface area contributed by atoms with E-state index >= 15 is 0 Å². The molecule has 0 atom stereocenters. The van der Waals surface area contributed by atoms with E-state index in [4.69, 9.17) is 9.31 Å². The maximum absolute atomic E-state index is 6.40. The summed E-state index contributed by atoms with van der Waals surface area (Å²) in [7, 11) is -0.364. The molecule has 0 aliphatic carbocycles. The number of hydrogen-bond donors (Lipinski definition) is 0. The lowest BCUT2D eigenvalue weighted by atomic mass is 9.76. The van der Waals surface area contributed by atoms with Crippen LogP contribution < -0.4 is 5.46 Å². The van der Waals surface area contributed by atoms with Gasteiger partial charge in [0, 0.05) is 20.2 Å². The second kappa shape index (κ2) is 7.81. The molecule has 1 fully saturated rings. The van der Waals surface area contributed by atoms with Gasteiger partial charge in [0.25, 0.3) is 0 Å². The van der Waals surface area contributed by atoms with E-state index in [0.717, 1.165) is 5.46 Å². The molecule has 2 nitrogen and oxygen atoms in total. The summed E-state index contributed by atoms with van der Waals surface area (Å²) in [6.45, 7) is 8.42. The van der Waals surface area contributed by atoms with Crippen LogP contribution in [0.1, 0.15) is 27.7 Å². The summed E-state index contributed by atoms with van der Waals surface area (Å²) >= 11 is 1.83. The molecule has 0 bridgehead atoms. The van der Waals surface area contributed by atoms with Crippen molar-refractivity contribution in [2.75, 3.05) is 0 Å². The van der Waals surface area contributed by atoms with Crippen molar-refractivity contribution >= 4 is 44.1 Å². The van der Waals surface area contributed by atoms with Gasteiger partial charge in [0.05, 0.1) is 11.2 Å². The van der Waals surface area contributed by atoms with E-state index in [1.165, 1.54) is 42.4 Å². The van der Waals surface area contributed by atoms with E-state index in [1.54, 1.807) is 0 Å². The number of rotatable bonds is 3. The second-order valence-electron chi connectivity index (χ2n) is 10.1. The molecule has 4 aromatic carbocycles. The highest BCUT2D eigenvalue weighted by molar-refractivity contribution is 7.26. The summed E-state index contributed by atoms with van der Waals surface area (Å²) in [4.78, 5) is 0. The molecule has 0 radical (unpaired) electrons. The number of thiophene rings is 1. The van der Waals surface area contributed by atoms with Crippen molar-refractivity contribution in [2.24, 2.45) is 0 Å². The van der Waals surface area contributed by atoms with Gasteiger partial charge in [-0.2, -0.15) is 0 Å². The summed E-state index contributed by atoms with van der Waals surface area (Å²) in [5.74, 6) is 0. The molecule has 1 saturated heterocycles. The molecule has 1 aliphatic heterocycles. The van der Waals surface area contributed by atoms with Crippen LogP contribution >= 0.6 is 11.3 Å². The minimum absolute atomic E-state index is 0.356. The third-order valence-corrected chi connectivity index (χ3v) is 8.48. The van der Waals surface area contributed by atoms with Crippen molar-refractivity contribution in [3.8, 4) is 22.3 Å². The normalized spacial score (nSPS) is 17.0. The van der Waals surface area contributed by atoms with Crippen LogP contribution in [0.3, 0.4) is 0 Å². The molecule has 1 aliphatic rings. The van der Waals surface area contributed by atoms with E-state index in [0.29, 0.717) is 0 Å². The van der Waals surface area contributed by atoms with Crippen LogP contribution in [-0.2, 0) is 9.31 Å². The molecule has 168 valence electrons. The minimum Gasteiger partial charge on any atom is -0.399 e. The molecular formula is C30H27BO2S. The Labute approximate surface area is 205 Å². The van der Waals surface area contributed by atoms with Crippen LogP contribution in [0.5, 0.6) is 0 Å². The topological polar surface area (TPSA) is 18.5 Å². The van der Waals surface area contributed by atoms with Gasteiger partial charge in [0.2, 0.25) is 0 Å².